The number of Topliss-reactive ketones (excluding diaryl/α,β-unsaturated/α-hetero) is 1. The zero-order chi connectivity index (χ0) is 20.6. The summed E-state index contributed by atoms with van der Waals surface area (Å²) in [7, 11) is 0. The van der Waals surface area contributed by atoms with E-state index in [9.17, 15) is 9.59 Å². The second kappa shape index (κ2) is 7.54. The lowest BCUT2D eigenvalue weighted by Gasteiger charge is -2.39. The number of allylic oxidation sites excluding steroid dienone is 2. The molecule has 0 radical (unpaired) electrons. The molecular formula is C23H17Cl2NO3. The Morgan fingerprint density at radius 1 is 1.10 bits per heavy atom. The van der Waals surface area contributed by atoms with Crippen molar-refractivity contribution in [1.29, 1.82) is 0 Å². The van der Waals surface area contributed by atoms with Gasteiger partial charge in [-0.05, 0) is 41.5 Å². The van der Waals surface area contributed by atoms with Crippen molar-refractivity contribution < 1.29 is 14.0 Å². The number of benzene rings is 2. The highest BCUT2D eigenvalue weighted by atomic mass is 35.5. The summed E-state index contributed by atoms with van der Waals surface area (Å²) in [5, 5.41) is 1.00. The molecule has 146 valence electrons. The van der Waals surface area contributed by atoms with Gasteiger partial charge < -0.3 is 14.9 Å². The number of nitrogen functional groups attached to an aromatic ring is 1. The lowest BCUT2D eigenvalue weighted by molar-refractivity contribution is -0.116. The summed E-state index contributed by atoms with van der Waals surface area (Å²) in [6.45, 7) is 0. The first-order valence-electron chi connectivity index (χ1n) is 9.00. The minimum absolute atomic E-state index is 0.0821. The highest BCUT2D eigenvalue weighted by Gasteiger charge is 2.46. The topological polar surface area (TPSA) is 73.3 Å². The molecule has 0 amide bonds. The number of rotatable bonds is 4. The van der Waals surface area contributed by atoms with E-state index in [0.717, 1.165) is 11.8 Å². The summed E-state index contributed by atoms with van der Waals surface area (Å²) in [5.41, 5.74) is 7.93. The molecule has 0 spiro atoms. The molecule has 0 bridgehead atoms. The fraction of sp³-hybridized carbons (Fsp3) is 0.130. The Balaban J connectivity index is 2.00. The number of furan rings is 1. The van der Waals surface area contributed by atoms with Crippen LogP contribution in [0.3, 0.4) is 0 Å². The summed E-state index contributed by atoms with van der Waals surface area (Å²) in [6, 6.07) is 13.9. The number of anilines is 1. The largest absolute Gasteiger partial charge is 0.472 e. The van der Waals surface area contributed by atoms with E-state index in [4.69, 9.17) is 33.4 Å². The molecule has 4 nitrogen and oxygen atoms in total. The van der Waals surface area contributed by atoms with Gasteiger partial charge in [0, 0.05) is 39.2 Å². The highest BCUT2D eigenvalue weighted by Crippen LogP contribution is 2.49. The second-order valence-corrected chi connectivity index (χ2v) is 7.96. The van der Waals surface area contributed by atoms with Crippen LogP contribution in [-0.2, 0) is 15.0 Å². The minimum atomic E-state index is -1.17. The van der Waals surface area contributed by atoms with Gasteiger partial charge >= 0.3 is 0 Å². The van der Waals surface area contributed by atoms with Crippen molar-refractivity contribution in [2.24, 2.45) is 0 Å². The molecule has 0 saturated heterocycles. The van der Waals surface area contributed by atoms with Gasteiger partial charge in [-0.2, -0.15) is 0 Å². The van der Waals surface area contributed by atoms with Crippen molar-refractivity contribution in [3.05, 3.63) is 93.9 Å². The predicted octanol–water partition coefficient (Wildman–Crippen LogP) is 5.45. The van der Waals surface area contributed by atoms with E-state index in [0.29, 0.717) is 32.4 Å². The first-order valence-corrected chi connectivity index (χ1v) is 9.76. The number of hydrogen-bond acceptors (Lipinski definition) is 4. The smallest absolute Gasteiger partial charge is 0.163 e. The van der Waals surface area contributed by atoms with Crippen LogP contribution < -0.4 is 5.73 Å². The van der Waals surface area contributed by atoms with Crippen LogP contribution in [0.2, 0.25) is 10.0 Å². The van der Waals surface area contributed by atoms with Gasteiger partial charge in [-0.1, -0.05) is 47.5 Å². The van der Waals surface area contributed by atoms with E-state index in [2.05, 4.69) is 0 Å². The Bertz CT molecular complexity index is 1120. The van der Waals surface area contributed by atoms with Crippen molar-refractivity contribution >= 4 is 46.5 Å². The monoisotopic (exact) mass is 425 g/mol. The Kier molecular flexibility index (Phi) is 5.07. The number of carbonyl (C=O) groups excluding carboxylic acids is 2. The molecule has 4 rings (SSSR count). The molecule has 6 heteroatoms. The molecule has 0 fully saturated rings. The van der Waals surface area contributed by atoms with Gasteiger partial charge in [-0.3, -0.25) is 4.79 Å². The van der Waals surface area contributed by atoms with Gasteiger partial charge in [0.05, 0.1) is 17.9 Å². The highest BCUT2D eigenvalue weighted by molar-refractivity contribution is 6.31. The van der Waals surface area contributed by atoms with Crippen LogP contribution in [0.5, 0.6) is 0 Å². The summed E-state index contributed by atoms with van der Waals surface area (Å²) in [6.07, 6.45) is 5.65. The molecule has 1 aliphatic carbocycles. The third-order valence-corrected chi connectivity index (χ3v) is 5.88. The van der Waals surface area contributed by atoms with E-state index in [1.165, 1.54) is 12.5 Å². The molecule has 1 aromatic heterocycles. The maximum atomic E-state index is 13.0. The average molecular weight is 426 g/mol. The van der Waals surface area contributed by atoms with Gasteiger partial charge in [0.1, 0.15) is 6.29 Å². The molecular weight excluding hydrogens is 409 g/mol. The molecule has 2 N–H and O–H groups in total. The fourth-order valence-electron chi connectivity index (χ4n) is 4.04. The lowest BCUT2D eigenvalue weighted by atomic mass is 9.62. The van der Waals surface area contributed by atoms with Crippen LogP contribution in [-0.4, -0.2) is 12.1 Å². The number of carbonyl (C=O) groups is 2. The standard InChI is InChI=1S/C23H17Cl2NO3/c24-16-3-1-2-14(8-16)20-10-22(28)18(15-6-7-29-12-15)11-23(20,13-27)19-5-4-17(25)9-21(19)26/h1-9,11-13,20H,10,26H2/t20-,23-/m0/s1. The summed E-state index contributed by atoms with van der Waals surface area (Å²) < 4.78 is 5.15. The number of ketones is 1. The number of aldehydes is 1. The molecule has 0 saturated carbocycles. The summed E-state index contributed by atoms with van der Waals surface area (Å²) >= 11 is 12.3. The zero-order valence-corrected chi connectivity index (χ0v) is 16.8. The molecule has 1 heterocycles. The normalized spacial score (nSPS) is 21.7. The van der Waals surface area contributed by atoms with Crippen LogP contribution in [0.4, 0.5) is 5.69 Å². The molecule has 2 atom stereocenters. The molecule has 0 unspecified atom stereocenters. The third-order valence-electron chi connectivity index (χ3n) is 5.41. The van der Waals surface area contributed by atoms with Crippen molar-refractivity contribution in [1.82, 2.24) is 0 Å². The van der Waals surface area contributed by atoms with E-state index in [-0.39, 0.29) is 12.2 Å². The lowest BCUT2D eigenvalue weighted by Crippen LogP contribution is -2.39. The molecule has 0 aliphatic heterocycles. The predicted molar refractivity (Wildman–Crippen MR) is 114 cm³/mol. The van der Waals surface area contributed by atoms with Gasteiger partial charge in [0.2, 0.25) is 0 Å². The van der Waals surface area contributed by atoms with Crippen LogP contribution >= 0.6 is 23.2 Å². The first kappa shape index (κ1) is 19.5. The maximum Gasteiger partial charge on any atom is 0.163 e. The van der Waals surface area contributed by atoms with Crippen molar-refractivity contribution in [3.63, 3.8) is 0 Å². The van der Waals surface area contributed by atoms with E-state index >= 15 is 0 Å². The second-order valence-electron chi connectivity index (χ2n) is 7.09. The quantitative estimate of drug-likeness (QED) is 0.445. The molecule has 29 heavy (non-hydrogen) atoms. The summed E-state index contributed by atoms with van der Waals surface area (Å²) in [5.74, 6) is -0.549. The zero-order valence-electron chi connectivity index (χ0n) is 15.3. The van der Waals surface area contributed by atoms with Crippen LogP contribution in [0, 0.1) is 0 Å². The van der Waals surface area contributed by atoms with Crippen molar-refractivity contribution in [2.45, 2.75) is 17.8 Å². The Morgan fingerprint density at radius 2 is 1.90 bits per heavy atom. The average Bonchev–Trinajstić information content (AvgIpc) is 3.23. The first-order chi connectivity index (χ1) is 13.9. The molecule has 1 aliphatic rings. The Morgan fingerprint density at radius 3 is 2.55 bits per heavy atom. The Labute approximate surface area is 177 Å². The van der Waals surface area contributed by atoms with E-state index < -0.39 is 11.3 Å². The molecule has 2 aromatic carbocycles. The number of hydrogen-bond donors (Lipinski definition) is 1. The van der Waals surface area contributed by atoms with Crippen LogP contribution in [0.25, 0.3) is 5.57 Å². The van der Waals surface area contributed by atoms with Gasteiger partial charge in [-0.15, -0.1) is 0 Å². The number of halogens is 2. The minimum Gasteiger partial charge on any atom is -0.472 e. The number of nitrogens with two attached hydrogens (primary N) is 1. The SMILES string of the molecule is Nc1cc(Cl)ccc1[C@@]1(C=O)C=C(c2ccoc2)C(=O)C[C@H]1c1cccc(Cl)c1. The van der Waals surface area contributed by atoms with E-state index in [1.54, 1.807) is 48.5 Å². The van der Waals surface area contributed by atoms with Gasteiger partial charge in [0.25, 0.3) is 0 Å². The van der Waals surface area contributed by atoms with Crippen LogP contribution in [0.1, 0.15) is 29.0 Å². The van der Waals surface area contributed by atoms with E-state index in [1.807, 2.05) is 6.07 Å². The maximum absolute atomic E-state index is 13.0. The van der Waals surface area contributed by atoms with Crippen molar-refractivity contribution in [3.8, 4) is 0 Å². The van der Waals surface area contributed by atoms with Gasteiger partial charge in [-0.25, -0.2) is 0 Å². The molecule has 3 aromatic rings. The third kappa shape index (κ3) is 3.39. The Hall–Kier alpha value is -2.82. The van der Waals surface area contributed by atoms with Crippen molar-refractivity contribution in [2.75, 3.05) is 5.73 Å². The van der Waals surface area contributed by atoms with Gasteiger partial charge in [0.15, 0.2) is 5.78 Å². The van der Waals surface area contributed by atoms with Crippen LogP contribution in [0.15, 0.2) is 71.6 Å². The fourth-order valence-corrected chi connectivity index (χ4v) is 4.42. The summed E-state index contributed by atoms with van der Waals surface area (Å²) in [4.78, 5) is 25.7.